The molecule has 3 N–H and O–H groups in total. The minimum Gasteiger partial charge on any atom is -0.385 e. The Bertz CT molecular complexity index is 1020. The van der Waals surface area contributed by atoms with Gasteiger partial charge < -0.3 is 11.1 Å². The average molecular weight is 421 g/mol. The maximum atomic E-state index is 12.2. The van der Waals surface area contributed by atoms with Gasteiger partial charge in [0.1, 0.15) is 5.82 Å². The molecule has 0 saturated carbocycles. The van der Waals surface area contributed by atoms with Gasteiger partial charge in [-0.2, -0.15) is 4.98 Å². The normalized spacial score (nSPS) is 10.6. The van der Waals surface area contributed by atoms with Crippen molar-refractivity contribution in [1.29, 1.82) is 0 Å². The van der Waals surface area contributed by atoms with E-state index in [0.717, 1.165) is 11.8 Å². The number of carbonyl (C=O) groups is 1. The van der Waals surface area contributed by atoms with Crippen LogP contribution in [-0.2, 0) is 4.79 Å². The predicted octanol–water partition coefficient (Wildman–Crippen LogP) is 3.85. The third-order valence-electron chi connectivity index (χ3n) is 3.47. The van der Waals surface area contributed by atoms with Crippen LogP contribution in [0.1, 0.15) is 0 Å². The van der Waals surface area contributed by atoms with Crippen LogP contribution < -0.4 is 16.6 Å². The molecule has 138 valence electrons. The van der Waals surface area contributed by atoms with E-state index in [2.05, 4.69) is 10.3 Å². The zero-order valence-corrected chi connectivity index (χ0v) is 16.2. The third-order valence-corrected chi connectivity index (χ3v) is 4.91. The number of hydrogen-bond donors (Lipinski definition) is 2. The number of aromatic nitrogens is 2. The largest absolute Gasteiger partial charge is 0.385 e. The number of nitrogens with zero attached hydrogens (tertiary/aromatic N) is 2. The average Bonchev–Trinajstić information content (AvgIpc) is 2.63. The molecular weight excluding hydrogens is 407 g/mol. The number of rotatable bonds is 5. The Morgan fingerprint density at radius 3 is 2.30 bits per heavy atom. The van der Waals surface area contributed by atoms with Gasteiger partial charge in [0.05, 0.1) is 5.75 Å². The molecule has 3 aromatic rings. The molecule has 9 heteroatoms. The fourth-order valence-electron chi connectivity index (χ4n) is 2.28. The van der Waals surface area contributed by atoms with Gasteiger partial charge in [-0.05, 0) is 48.5 Å². The summed E-state index contributed by atoms with van der Waals surface area (Å²) >= 11 is 12.9. The number of amides is 1. The van der Waals surface area contributed by atoms with E-state index in [4.69, 9.17) is 28.9 Å². The summed E-state index contributed by atoms with van der Waals surface area (Å²) in [6.07, 6.45) is 0. The monoisotopic (exact) mass is 420 g/mol. The van der Waals surface area contributed by atoms with Crippen LogP contribution in [0.2, 0.25) is 10.0 Å². The van der Waals surface area contributed by atoms with Crippen LogP contribution in [0.3, 0.4) is 0 Å². The molecule has 0 atom stereocenters. The first-order chi connectivity index (χ1) is 12.9. The molecule has 6 nitrogen and oxygen atoms in total. The van der Waals surface area contributed by atoms with E-state index in [1.807, 2.05) is 0 Å². The summed E-state index contributed by atoms with van der Waals surface area (Å²) in [5.41, 5.74) is 6.84. The van der Waals surface area contributed by atoms with Gasteiger partial charge in [-0.1, -0.05) is 35.0 Å². The lowest BCUT2D eigenvalue weighted by atomic mass is 10.3. The lowest BCUT2D eigenvalue weighted by molar-refractivity contribution is -0.113. The summed E-state index contributed by atoms with van der Waals surface area (Å²) in [4.78, 5) is 28.0. The van der Waals surface area contributed by atoms with Gasteiger partial charge in [-0.25, -0.2) is 0 Å². The van der Waals surface area contributed by atoms with Crippen molar-refractivity contribution in [3.8, 4) is 5.69 Å². The zero-order chi connectivity index (χ0) is 19.4. The number of carbonyl (C=O) groups excluding carboxylic acids is 1. The van der Waals surface area contributed by atoms with Crippen molar-refractivity contribution < 1.29 is 4.79 Å². The Morgan fingerprint density at radius 2 is 1.67 bits per heavy atom. The van der Waals surface area contributed by atoms with E-state index >= 15 is 0 Å². The smallest absolute Gasteiger partial charge is 0.275 e. The van der Waals surface area contributed by atoms with Crippen LogP contribution in [0.4, 0.5) is 11.5 Å². The number of halogens is 2. The molecule has 0 aliphatic heterocycles. The first kappa shape index (κ1) is 19.3. The first-order valence-corrected chi connectivity index (χ1v) is 9.50. The van der Waals surface area contributed by atoms with Crippen LogP contribution in [0.15, 0.2) is 64.5 Å². The quantitative estimate of drug-likeness (QED) is 0.483. The Hall–Kier alpha value is -2.48. The molecule has 3 rings (SSSR count). The zero-order valence-electron chi connectivity index (χ0n) is 13.9. The Kier molecular flexibility index (Phi) is 6.05. The van der Waals surface area contributed by atoms with Crippen LogP contribution in [0.25, 0.3) is 5.69 Å². The highest BCUT2D eigenvalue weighted by molar-refractivity contribution is 7.99. The Labute approximate surface area is 169 Å². The lowest BCUT2D eigenvalue weighted by Gasteiger charge is -2.14. The molecule has 0 spiro atoms. The summed E-state index contributed by atoms with van der Waals surface area (Å²) < 4.78 is 1.60. The molecule has 1 heterocycles. The SMILES string of the molecule is Nc1cc(=O)nc(SCC(=O)Nc2ccc(Cl)cc2)n1-c1ccc(Cl)cc1. The molecule has 0 unspecified atom stereocenters. The molecular formula is C18H14Cl2N4O2S. The van der Waals surface area contributed by atoms with Crippen LogP contribution in [-0.4, -0.2) is 21.2 Å². The topological polar surface area (TPSA) is 90.0 Å². The highest BCUT2D eigenvalue weighted by Crippen LogP contribution is 2.24. The lowest BCUT2D eigenvalue weighted by Crippen LogP contribution is -2.19. The third kappa shape index (κ3) is 5.03. The van der Waals surface area contributed by atoms with Crippen LogP contribution in [0.5, 0.6) is 0 Å². The number of anilines is 2. The van der Waals surface area contributed by atoms with E-state index in [-0.39, 0.29) is 17.5 Å². The van der Waals surface area contributed by atoms with Crippen molar-refractivity contribution in [2.75, 3.05) is 16.8 Å². The van der Waals surface area contributed by atoms with Crippen LogP contribution in [0, 0.1) is 0 Å². The molecule has 1 amide bonds. The molecule has 0 radical (unpaired) electrons. The number of benzene rings is 2. The van der Waals surface area contributed by atoms with Gasteiger partial charge in [0.15, 0.2) is 5.16 Å². The highest BCUT2D eigenvalue weighted by Gasteiger charge is 2.13. The second-order valence-electron chi connectivity index (χ2n) is 5.46. The van der Waals surface area contributed by atoms with Gasteiger partial charge in [-0.3, -0.25) is 14.2 Å². The number of thioether (sulfide) groups is 1. The van der Waals surface area contributed by atoms with Gasteiger partial charge in [0.2, 0.25) is 5.91 Å². The number of nitrogen functional groups attached to an aromatic ring is 1. The second-order valence-corrected chi connectivity index (χ2v) is 7.27. The fourth-order valence-corrected chi connectivity index (χ4v) is 3.36. The summed E-state index contributed by atoms with van der Waals surface area (Å²) in [6.45, 7) is 0. The molecule has 0 saturated heterocycles. The van der Waals surface area contributed by atoms with E-state index < -0.39 is 5.56 Å². The summed E-state index contributed by atoms with van der Waals surface area (Å²) in [5.74, 6) is 0.0196. The van der Waals surface area contributed by atoms with E-state index in [9.17, 15) is 9.59 Å². The molecule has 0 bridgehead atoms. The minimum atomic E-state index is -0.474. The number of nitrogens with one attached hydrogen (secondary N) is 1. The van der Waals surface area contributed by atoms with Crippen molar-refractivity contribution >= 4 is 52.4 Å². The van der Waals surface area contributed by atoms with Gasteiger partial charge >= 0.3 is 0 Å². The molecule has 2 aromatic carbocycles. The molecule has 0 aliphatic carbocycles. The Morgan fingerprint density at radius 1 is 1.07 bits per heavy atom. The van der Waals surface area contributed by atoms with Crippen molar-refractivity contribution in [2.45, 2.75) is 5.16 Å². The molecule has 27 heavy (non-hydrogen) atoms. The van der Waals surface area contributed by atoms with E-state index in [0.29, 0.717) is 26.6 Å². The van der Waals surface area contributed by atoms with Crippen molar-refractivity contribution in [1.82, 2.24) is 9.55 Å². The summed E-state index contributed by atoms with van der Waals surface area (Å²) in [6, 6.07) is 14.9. The van der Waals surface area contributed by atoms with Crippen LogP contribution >= 0.6 is 35.0 Å². The first-order valence-electron chi connectivity index (χ1n) is 7.76. The minimum absolute atomic E-state index is 0.0477. The second kappa shape index (κ2) is 8.47. The van der Waals surface area contributed by atoms with Crippen molar-refractivity contribution in [2.24, 2.45) is 0 Å². The Balaban J connectivity index is 1.79. The van der Waals surface area contributed by atoms with E-state index in [1.165, 1.54) is 6.07 Å². The molecule has 1 aromatic heterocycles. The number of nitrogens with two attached hydrogens (primary N) is 1. The maximum Gasteiger partial charge on any atom is 0.275 e. The van der Waals surface area contributed by atoms with Gasteiger partial charge in [-0.15, -0.1) is 0 Å². The fraction of sp³-hybridized carbons (Fsp3) is 0.0556. The van der Waals surface area contributed by atoms with Crippen molar-refractivity contribution in [3.63, 3.8) is 0 Å². The van der Waals surface area contributed by atoms with Gasteiger partial charge in [0.25, 0.3) is 5.56 Å². The summed E-state index contributed by atoms with van der Waals surface area (Å²) in [5, 5.41) is 4.22. The standard InChI is InChI=1S/C18H14Cl2N4O2S/c19-11-1-5-13(6-2-11)22-17(26)10-27-18-23-16(25)9-15(21)24(18)14-7-3-12(20)4-8-14/h1-9H,10,21H2,(H,22,26). The van der Waals surface area contributed by atoms with E-state index in [1.54, 1.807) is 53.1 Å². The highest BCUT2D eigenvalue weighted by atomic mass is 35.5. The molecule has 0 aliphatic rings. The van der Waals surface area contributed by atoms with Crippen molar-refractivity contribution in [3.05, 3.63) is 75.0 Å². The molecule has 0 fully saturated rings. The predicted molar refractivity (Wildman–Crippen MR) is 110 cm³/mol. The van der Waals surface area contributed by atoms with Gasteiger partial charge in [0, 0.05) is 27.5 Å². The summed E-state index contributed by atoms with van der Waals surface area (Å²) in [7, 11) is 0. The number of hydrogen-bond acceptors (Lipinski definition) is 5. The maximum absolute atomic E-state index is 12.2.